The lowest BCUT2D eigenvalue weighted by molar-refractivity contribution is -0.0288. The van der Waals surface area contributed by atoms with E-state index < -0.39 is 0 Å². The Bertz CT molecular complexity index is 141. The number of likely N-dealkylation sites (N-methyl/N-ethyl adjacent to an activating group) is 1. The summed E-state index contributed by atoms with van der Waals surface area (Å²) in [5, 5.41) is 3.31. The van der Waals surface area contributed by atoms with Gasteiger partial charge in [0.05, 0.1) is 5.60 Å². The van der Waals surface area contributed by atoms with Crippen molar-refractivity contribution >= 4 is 0 Å². The summed E-state index contributed by atoms with van der Waals surface area (Å²) < 4.78 is 5.54. The van der Waals surface area contributed by atoms with Crippen LogP contribution in [0.25, 0.3) is 0 Å². The van der Waals surface area contributed by atoms with Crippen molar-refractivity contribution in [2.45, 2.75) is 44.8 Å². The quantitative estimate of drug-likeness (QED) is 0.615. The van der Waals surface area contributed by atoms with Crippen molar-refractivity contribution in [1.82, 2.24) is 5.32 Å². The maximum absolute atomic E-state index is 5.54. The molecule has 0 saturated heterocycles. The summed E-state index contributed by atoms with van der Waals surface area (Å²) in [5.41, 5.74) is -0.0578. The van der Waals surface area contributed by atoms with Crippen LogP contribution in [-0.4, -0.2) is 25.8 Å². The molecule has 0 heterocycles. The molecular weight excluding hydrogens is 162 g/mol. The van der Waals surface area contributed by atoms with Crippen LogP contribution in [0, 0.1) is 0 Å². The third-order valence-corrected chi connectivity index (χ3v) is 2.91. The van der Waals surface area contributed by atoms with E-state index in [1.807, 2.05) is 13.1 Å². The first-order valence-electron chi connectivity index (χ1n) is 4.98. The van der Waals surface area contributed by atoms with Crippen LogP contribution in [0.2, 0.25) is 0 Å². The Morgan fingerprint density at radius 2 is 2.23 bits per heavy atom. The number of rotatable bonds is 7. The first-order chi connectivity index (χ1) is 6.14. The minimum atomic E-state index is -0.0578. The molecule has 0 spiro atoms. The molecule has 2 unspecified atom stereocenters. The third kappa shape index (κ3) is 3.49. The standard InChI is InChI=1S/C11H23NO/c1-6-8-9-10(12-4)11(3,7-2)13-5/h6,10,12H,1,7-9H2,2-5H3. The van der Waals surface area contributed by atoms with Crippen LogP contribution >= 0.6 is 0 Å². The Balaban J connectivity index is 4.24. The zero-order valence-corrected chi connectivity index (χ0v) is 9.39. The fourth-order valence-corrected chi connectivity index (χ4v) is 1.57. The first-order valence-corrected chi connectivity index (χ1v) is 4.98. The van der Waals surface area contributed by atoms with Crippen LogP contribution in [0.3, 0.4) is 0 Å². The molecule has 1 N–H and O–H groups in total. The predicted octanol–water partition coefficient (Wildman–Crippen LogP) is 2.36. The predicted molar refractivity (Wildman–Crippen MR) is 58.0 cm³/mol. The van der Waals surface area contributed by atoms with Gasteiger partial charge in [-0.15, -0.1) is 6.58 Å². The third-order valence-electron chi connectivity index (χ3n) is 2.91. The first kappa shape index (κ1) is 12.7. The van der Waals surface area contributed by atoms with Crippen LogP contribution in [0.5, 0.6) is 0 Å². The number of hydrogen-bond acceptors (Lipinski definition) is 2. The van der Waals surface area contributed by atoms with Crippen molar-refractivity contribution in [2.75, 3.05) is 14.2 Å². The number of ether oxygens (including phenoxy) is 1. The lowest BCUT2D eigenvalue weighted by Gasteiger charge is -2.35. The van der Waals surface area contributed by atoms with Crippen LogP contribution in [0.15, 0.2) is 12.7 Å². The number of hydrogen-bond donors (Lipinski definition) is 1. The van der Waals surface area contributed by atoms with E-state index in [0.717, 1.165) is 19.3 Å². The minimum Gasteiger partial charge on any atom is -0.377 e. The molecule has 0 aliphatic carbocycles. The molecule has 0 bridgehead atoms. The van der Waals surface area contributed by atoms with E-state index in [1.54, 1.807) is 7.11 Å². The van der Waals surface area contributed by atoms with E-state index in [4.69, 9.17) is 4.74 Å². The Morgan fingerprint density at radius 3 is 2.54 bits per heavy atom. The van der Waals surface area contributed by atoms with E-state index in [9.17, 15) is 0 Å². The van der Waals surface area contributed by atoms with E-state index in [1.165, 1.54) is 0 Å². The molecule has 0 radical (unpaired) electrons. The second kappa shape index (κ2) is 6.17. The van der Waals surface area contributed by atoms with Gasteiger partial charge in [-0.25, -0.2) is 0 Å². The van der Waals surface area contributed by atoms with Crippen molar-refractivity contribution in [3.63, 3.8) is 0 Å². The Morgan fingerprint density at radius 1 is 1.62 bits per heavy atom. The molecule has 0 amide bonds. The minimum absolute atomic E-state index is 0.0578. The topological polar surface area (TPSA) is 21.3 Å². The summed E-state index contributed by atoms with van der Waals surface area (Å²) in [6.45, 7) is 8.04. The van der Waals surface area contributed by atoms with Gasteiger partial charge in [-0.2, -0.15) is 0 Å². The molecule has 0 aromatic carbocycles. The van der Waals surface area contributed by atoms with E-state index >= 15 is 0 Å². The number of allylic oxidation sites excluding steroid dienone is 1. The number of nitrogens with one attached hydrogen (secondary N) is 1. The molecule has 0 aliphatic heterocycles. The summed E-state index contributed by atoms with van der Waals surface area (Å²) in [7, 11) is 3.77. The monoisotopic (exact) mass is 185 g/mol. The molecule has 0 aliphatic rings. The van der Waals surface area contributed by atoms with Crippen LogP contribution in [-0.2, 0) is 4.74 Å². The Kier molecular flexibility index (Phi) is 6.00. The van der Waals surface area contributed by atoms with Gasteiger partial charge in [0, 0.05) is 13.2 Å². The lowest BCUT2D eigenvalue weighted by Crippen LogP contribution is -2.48. The van der Waals surface area contributed by atoms with Crippen LogP contribution in [0.1, 0.15) is 33.1 Å². The van der Waals surface area contributed by atoms with Gasteiger partial charge in [-0.05, 0) is 33.2 Å². The van der Waals surface area contributed by atoms with Gasteiger partial charge in [0.1, 0.15) is 0 Å². The zero-order valence-electron chi connectivity index (χ0n) is 9.39. The van der Waals surface area contributed by atoms with E-state index in [0.29, 0.717) is 6.04 Å². The molecule has 0 fully saturated rings. The molecule has 2 nitrogen and oxygen atoms in total. The number of methoxy groups -OCH3 is 1. The van der Waals surface area contributed by atoms with Crippen molar-refractivity contribution in [3.05, 3.63) is 12.7 Å². The summed E-state index contributed by atoms with van der Waals surface area (Å²) >= 11 is 0. The van der Waals surface area contributed by atoms with E-state index in [-0.39, 0.29) is 5.60 Å². The molecule has 2 heteroatoms. The lowest BCUT2D eigenvalue weighted by atomic mass is 9.90. The molecule has 2 atom stereocenters. The van der Waals surface area contributed by atoms with E-state index in [2.05, 4.69) is 25.7 Å². The molecule has 0 rings (SSSR count). The highest BCUT2D eigenvalue weighted by molar-refractivity contribution is 4.89. The van der Waals surface area contributed by atoms with Crippen molar-refractivity contribution in [3.8, 4) is 0 Å². The summed E-state index contributed by atoms with van der Waals surface area (Å²) in [6, 6.07) is 0.403. The molecule has 13 heavy (non-hydrogen) atoms. The smallest absolute Gasteiger partial charge is 0.0800 e. The summed E-state index contributed by atoms with van der Waals surface area (Å²) in [6.07, 6.45) is 5.09. The molecule has 78 valence electrons. The average molecular weight is 185 g/mol. The summed E-state index contributed by atoms with van der Waals surface area (Å²) in [4.78, 5) is 0. The fourth-order valence-electron chi connectivity index (χ4n) is 1.57. The van der Waals surface area contributed by atoms with Crippen molar-refractivity contribution < 1.29 is 4.74 Å². The molecule has 0 aromatic rings. The highest BCUT2D eigenvalue weighted by Gasteiger charge is 2.30. The van der Waals surface area contributed by atoms with Gasteiger partial charge in [0.15, 0.2) is 0 Å². The van der Waals surface area contributed by atoms with Crippen LogP contribution < -0.4 is 5.32 Å². The zero-order chi connectivity index (χ0) is 10.3. The second-order valence-corrected chi connectivity index (χ2v) is 3.58. The summed E-state index contributed by atoms with van der Waals surface area (Å²) in [5.74, 6) is 0. The highest BCUT2D eigenvalue weighted by Crippen LogP contribution is 2.22. The van der Waals surface area contributed by atoms with Crippen molar-refractivity contribution in [1.29, 1.82) is 0 Å². The molecule has 0 aromatic heterocycles. The maximum Gasteiger partial charge on any atom is 0.0800 e. The van der Waals surface area contributed by atoms with Gasteiger partial charge >= 0.3 is 0 Å². The van der Waals surface area contributed by atoms with Gasteiger partial charge in [-0.1, -0.05) is 13.0 Å². The highest BCUT2D eigenvalue weighted by atomic mass is 16.5. The SMILES string of the molecule is C=CCCC(NC)C(C)(CC)OC. The normalized spacial score (nSPS) is 17.8. The van der Waals surface area contributed by atoms with Crippen molar-refractivity contribution in [2.24, 2.45) is 0 Å². The second-order valence-electron chi connectivity index (χ2n) is 3.58. The molecule has 0 saturated carbocycles. The maximum atomic E-state index is 5.54. The average Bonchev–Trinajstić information content (AvgIpc) is 2.18. The largest absolute Gasteiger partial charge is 0.377 e. The Hall–Kier alpha value is -0.340. The Labute approximate surface area is 82.4 Å². The van der Waals surface area contributed by atoms with Gasteiger partial charge in [-0.3, -0.25) is 0 Å². The van der Waals surface area contributed by atoms with Gasteiger partial charge < -0.3 is 10.1 Å². The van der Waals surface area contributed by atoms with Crippen LogP contribution in [0.4, 0.5) is 0 Å². The molecular formula is C11H23NO. The van der Waals surface area contributed by atoms with Gasteiger partial charge in [0.2, 0.25) is 0 Å². The fraction of sp³-hybridized carbons (Fsp3) is 0.818. The van der Waals surface area contributed by atoms with Gasteiger partial charge in [0.25, 0.3) is 0 Å².